The van der Waals surface area contributed by atoms with E-state index < -0.39 is 0 Å². The van der Waals surface area contributed by atoms with Crippen LogP contribution in [0.25, 0.3) is 5.57 Å². The van der Waals surface area contributed by atoms with Crippen LogP contribution in [0.3, 0.4) is 0 Å². The Morgan fingerprint density at radius 2 is 1.93 bits per heavy atom. The molecule has 0 radical (unpaired) electrons. The Kier molecular flexibility index (Phi) is 7.74. The van der Waals surface area contributed by atoms with Crippen LogP contribution in [0.15, 0.2) is 57.8 Å². The Morgan fingerprint density at radius 3 is 2.45 bits per heavy atom. The van der Waals surface area contributed by atoms with Gasteiger partial charge in [-0.25, -0.2) is 10.0 Å². The fourth-order valence-electron chi connectivity index (χ4n) is 3.68. The summed E-state index contributed by atoms with van der Waals surface area (Å²) in [6.45, 7) is 19.8. The lowest BCUT2D eigenvalue weighted by Crippen LogP contribution is -2.23. The van der Waals surface area contributed by atoms with Crippen LogP contribution in [0.5, 0.6) is 0 Å². The van der Waals surface area contributed by atoms with Crippen molar-refractivity contribution in [1.29, 1.82) is 0 Å². The number of hydrazone groups is 1. The molecule has 0 saturated carbocycles. The van der Waals surface area contributed by atoms with Crippen molar-refractivity contribution in [2.45, 2.75) is 60.9 Å². The number of allylic oxidation sites excluding steroid dienone is 3. The topological polar surface area (TPSA) is 40.0 Å². The normalized spacial score (nSPS) is 17.4. The maximum absolute atomic E-state index is 4.96. The summed E-state index contributed by atoms with van der Waals surface area (Å²) >= 11 is 0. The summed E-state index contributed by atoms with van der Waals surface area (Å²) in [5.74, 6) is 0.902. The number of aliphatic imine (C=N–C) groups is 1. The lowest BCUT2D eigenvalue weighted by atomic mass is 9.90. The van der Waals surface area contributed by atoms with E-state index in [9.17, 15) is 0 Å². The minimum Gasteiger partial charge on any atom is -0.313 e. The molecule has 1 atom stereocenters. The molecule has 0 aliphatic carbocycles. The van der Waals surface area contributed by atoms with Crippen molar-refractivity contribution in [2.24, 2.45) is 10.1 Å². The molecule has 29 heavy (non-hydrogen) atoms. The van der Waals surface area contributed by atoms with Crippen molar-refractivity contribution < 1.29 is 0 Å². The van der Waals surface area contributed by atoms with Crippen LogP contribution in [0.2, 0.25) is 0 Å². The number of nitrogens with zero attached hydrogens (tertiary/aromatic N) is 3. The van der Waals surface area contributed by atoms with E-state index in [4.69, 9.17) is 5.10 Å². The van der Waals surface area contributed by atoms with Crippen LogP contribution in [-0.2, 0) is 0 Å². The third-order valence-electron chi connectivity index (χ3n) is 5.58. The van der Waals surface area contributed by atoms with Crippen molar-refractivity contribution in [3.8, 4) is 0 Å². The van der Waals surface area contributed by atoms with Gasteiger partial charge in [0.1, 0.15) is 0 Å². The highest BCUT2D eigenvalue weighted by Gasteiger charge is 2.30. The van der Waals surface area contributed by atoms with E-state index >= 15 is 0 Å². The molecule has 0 bridgehead atoms. The van der Waals surface area contributed by atoms with Crippen molar-refractivity contribution in [1.82, 2.24) is 10.3 Å². The second-order valence-electron chi connectivity index (χ2n) is 7.92. The predicted molar refractivity (Wildman–Crippen MR) is 127 cm³/mol. The fraction of sp³-hybridized carbons (Fsp3) is 0.440. The fourth-order valence-corrected chi connectivity index (χ4v) is 3.68. The summed E-state index contributed by atoms with van der Waals surface area (Å²) in [6, 6.07) is 7.06. The molecule has 0 fully saturated rings. The number of hydrogen-bond acceptors (Lipinski definition) is 3. The summed E-state index contributed by atoms with van der Waals surface area (Å²) < 4.78 is 0. The average molecular weight is 393 g/mol. The number of benzene rings is 1. The van der Waals surface area contributed by atoms with Gasteiger partial charge in [0.05, 0.1) is 5.71 Å². The molecule has 4 nitrogen and oxygen atoms in total. The molecule has 0 amide bonds. The van der Waals surface area contributed by atoms with Crippen LogP contribution in [0.1, 0.15) is 70.7 Å². The molecule has 1 aromatic rings. The highest BCUT2D eigenvalue weighted by Crippen LogP contribution is 2.31. The van der Waals surface area contributed by atoms with E-state index in [0.717, 1.165) is 30.1 Å². The van der Waals surface area contributed by atoms with E-state index in [1.165, 1.54) is 33.4 Å². The number of aryl methyl sites for hydroxylation is 1. The van der Waals surface area contributed by atoms with Crippen molar-refractivity contribution >= 4 is 17.1 Å². The van der Waals surface area contributed by atoms with Gasteiger partial charge in [0.2, 0.25) is 0 Å². The lowest BCUT2D eigenvalue weighted by Gasteiger charge is -2.16. The molecule has 1 aliphatic rings. The monoisotopic (exact) mass is 392 g/mol. The maximum atomic E-state index is 4.96. The van der Waals surface area contributed by atoms with Gasteiger partial charge in [0.15, 0.2) is 5.84 Å². The minimum atomic E-state index is 0.338. The van der Waals surface area contributed by atoms with Gasteiger partial charge in [0.25, 0.3) is 0 Å². The summed E-state index contributed by atoms with van der Waals surface area (Å²) in [7, 11) is 1.99. The molecular formula is C25H36N4. The molecule has 4 heteroatoms. The summed E-state index contributed by atoms with van der Waals surface area (Å²) in [4.78, 5) is 4.55. The van der Waals surface area contributed by atoms with Crippen LogP contribution in [-0.4, -0.2) is 30.1 Å². The van der Waals surface area contributed by atoms with Gasteiger partial charge >= 0.3 is 0 Å². The van der Waals surface area contributed by atoms with Crippen LogP contribution < -0.4 is 5.32 Å². The molecule has 0 aromatic heterocycles. The number of amidine groups is 1. The Bertz CT molecular complexity index is 895. The zero-order chi connectivity index (χ0) is 21.7. The van der Waals surface area contributed by atoms with E-state index in [0.29, 0.717) is 6.04 Å². The smallest absolute Gasteiger partial charge is 0.158 e. The highest BCUT2D eigenvalue weighted by atomic mass is 15.5. The largest absolute Gasteiger partial charge is 0.313 e. The van der Waals surface area contributed by atoms with Gasteiger partial charge in [-0.3, -0.25) is 0 Å². The van der Waals surface area contributed by atoms with Gasteiger partial charge in [-0.05, 0) is 82.8 Å². The Balaban J connectivity index is 2.58. The summed E-state index contributed by atoms with van der Waals surface area (Å²) in [6.07, 6.45) is 2.62. The molecular weight excluding hydrogens is 356 g/mol. The number of rotatable bonds is 7. The lowest BCUT2D eigenvalue weighted by molar-refractivity contribution is 0.454. The molecule has 0 spiro atoms. The summed E-state index contributed by atoms with van der Waals surface area (Å²) in [5, 5.41) is 10.3. The molecule has 1 N–H and O–H groups in total. The minimum absolute atomic E-state index is 0.338. The van der Waals surface area contributed by atoms with Crippen LogP contribution >= 0.6 is 0 Å². The second-order valence-corrected chi connectivity index (χ2v) is 7.92. The molecule has 1 aromatic carbocycles. The average Bonchev–Trinajstić information content (AvgIpc) is 3.05. The molecule has 1 unspecified atom stereocenters. The van der Waals surface area contributed by atoms with Gasteiger partial charge in [0, 0.05) is 24.4 Å². The maximum Gasteiger partial charge on any atom is 0.158 e. The molecule has 1 aliphatic heterocycles. The van der Waals surface area contributed by atoms with Crippen LogP contribution in [0, 0.1) is 6.92 Å². The third-order valence-corrected chi connectivity index (χ3v) is 5.58. The van der Waals surface area contributed by atoms with Crippen molar-refractivity contribution in [3.05, 3.63) is 64.4 Å². The van der Waals surface area contributed by atoms with Gasteiger partial charge in [-0.1, -0.05) is 37.3 Å². The zero-order valence-corrected chi connectivity index (χ0v) is 19.3. The van der Waals surface area contributed by atoms with E-state index in [2.05, 4.69) is 83.6 Å². The summed E-state index contributed by atoms with van der Waals surface area (Å²) in [5.41, 5.74) is 9.64. The first kappa shape index (κ1) is 22.8. The molecule has 2 rings (SSSR count). The van der Waals surface area contributed by atoms with Gasteiger partial charge in [-0.2, -0.15) is 5.10 Å². The second kappa shape index (κ2) is 9.84. The van der Waals surface area contributed by atoms with Crippen molar-refractivity contribution in [3.63, 3.8) is 0 Å². The quantitative estimate of drug-likeness (QED) is 0.615. The number of nitrogens with one attached hydrogen (secondary N) is 1. The predicted octanol–water partition coefficient (Wildman–Crippen LogP) is 6.03. The molecule has 156 valence electrons. The highest BCUT2D eigenvalue weighted by molar-refractivity contribution is 6.34. The molecule has 0 saturated heterocycles. The van der Waals surface area contributed by atoms with Crippen molar-refractivity contribution in [2.75, 3.05) is 13.6 Å². The van der Waals surface area contributed by atoms with E-state index in [-0.39, 0.29) is 0 Å². The van der Waals surface area contributed by atoms with E-state index in [1.54, 1.807) is 6.20 Å². The Hall–Kier alpha value is -2.46. The Labute approximate surface area is 176 Å². The number of hydrogen-bond donors (Lipinski definition) is 1. The Morgan fingerprint density at radius 1 is 1.24 bits per heavy atom. The van der Waals surface area contributed by atoms with E-state index in [1.807, 2.05) is 12.1 Å². The first-order chi connectivity index (χ1) is 13.8. The zero-order valence-electron chi connectivity index (χ0n) is 19.3. The molecule has 1 heterocycles. The first-order valence-corrected chi connectivity index (χ1v) is 10.5. The standard InChI is InChI=1S/C25H36N4/c1-10-14-29-25(27-11-2)23(16(3)4)24(28-29)19(7)18(6)22-13-12-21(15-17(22)5)20(8)26-9/h11-13,15,20,26H,2,10,14H2,1,3-9H3/b19-18+,27-25+. The van der Waals surface area contributed by atoms with Gasteiger partial charge in [-0.15, -0.1) is 0 Å². The van der Waals surface area contributed by atoms with Gasteiger partial charge < -0.3 is 5.32 Å². The SMILES string of the molecule is C=C/N=C1\C(=C(C)C)C(/C(C)=C(\C)c2ccc(C(C)NC)cc2C)=NN1CCC. The first-order valence-electron chi connectivity index (χ1n) is 10.5. The van der Waals surface area contributed by atoms with Crippen LogP contribution in [0.4, 0.5) is 0 Å². The third kappa shape index (κ3) is 4.76.